The van der Waals surface area contributed by atoms with Crippen LogP contribution >= 0.6 is 0 Å². The summed E-state index contributed by atoms with van der Waals surface area (Å²) in [6, 6.07) is 6.11. The third kappa shape index (κ3) is 2.72. The lowest BCUT2D eigenvalue weighted by atomic mass is 9.76. The van der Waals surface area contributed by atoms with Gasteiger partial charge < -0.3 is 10.1 Å². The van der Waals surface area contributed by atoms with Crippen molar-refractivity contribution in [2.75, 3.05) is 7.11 Å². The second-order valence-electron chi connectivity index (χ2n) is 6.30. The highest BCUT2D eigenvalue weighted by atomic mass is 16.5. The van der Waals surface area contributed by atoms with Crippen molar-refractivity contribution in [3.8, 4) is 5.75 Å². The van der Waals surface area contributed by atoms with Gasteiger partial charge in [-0.05, 0) is 36.5 Å². The molecule has 3 rings (SSSR count). The quantitative estimate of drug-likeness (QED) is 0.906. The maximum Gasteiger partial charge on any atom is 0.228 e. The lowest BCUT2D eigenvalue weighted by Gasteiger charge is -2.29. The Morgan fingerprint density at radius 2 is 2.17 bits per heavy atom. The number of allylic oxidation sites excluding steroid dienone is 4. The molecule has 23 heavy (non-hydrogen) atoms. The molecule has 1 saturated heterocycles. The molecule has 0 radical (unpaired) electrons. The van der Waals surface area contributed by atoms with Crippen LogP contribution in [-0.4, -0.2) is 13.0 Å². The standard InChI is InChI=1S/C20H23NO2/c1-5-13-10-17-14(11-19(22)21-17)9-16(13)20-15(12(2)3)7-6-8-18(20)23-4/h6-10,13,16H,2,5,11H2,1,3-4H3,(H,21,22). The molecule has 2 atom stereocenters. The molecule has 1 aromatic carbocycles. The SMILES string of the molecule is C=C(C)c1cccc(OC)c1C1C=C2CC(=O)NC2=CC1CC. The minimum Gasteiger partial charge on any atom is -0.496 e. The maximum atomic E-state index is 11.7. The Hall–Kier alpha value is -2.29. The van der Waals surface area contributed by atoms with Crippen LogP contribution in [0.2, 0.25) is 0 Å². The number of hydrogen-bond acceptors (Lipinski definition) is 2. The van der Waals surface area contributed by atoms with Gasteiger partial charge in [0.15, 0.2) is 0 Å². The number of ether oxygens (including phenoxy) is 1. The first-order valence-electron chi connectivity index (χ1n) is 8.10. The van der Waals surface area contributed by atoms with E-state index in [1.165, 1.54) is 5.56 Å². The summed E-state index contributed by atoms with van der Waals surface area (Å²) in [5.74, 6) is 1.51. The summed E-state index contributed by atoms with van der Waals surface area (Å²) >= 11 is 0. The van der Waals surface area contributed by atoms with Gasteiger partial charge in [0.1, 0.15) is 5.75 Å². The van der Waals surface area contributed by atoms with E-state index in [9.17, 15) is 4.79 Å². The van der Waals surface area contributed by atoms with Crippen molar-refractivity contribution in [2.24, 2.45) is 5.92 Å². The average molecular weight is 309 g/mol. The lowest BCUT2D eigenvalue weighted by molar-refractivity contribution is -0.118. The number of fused-ring (bicyclic) bond motifs is 1. The van der Waals surface area contributed by atoms with Gasteiger partial charge in [-0.3, -0.25) is 4.79 Å². The number of hydrogen-bond donors (Lipinski definition) is 1. The number of methoxy groups -OCH3 is 1. The van der Waals surface area contributed by atoms with Crippen LogP contribution in [0.1, 0.15) is 43.7 Å². The van der Waals surface area contributed by atoms with E-state index in [2.05, 4.69) is 37.0 Å². The zero-order valence-electron chi connectivity index (χ0n) is 14.0. The Balaban J connectivity index is 2.14. The van der Waals surface area contributed by atoms with Crippen molar-refractivity contribution >= 4 is 11.5 Å². The Bertz CT molecular complexity index is 727. The third-order valence-corrected chi connectivity index (χ3v) is 4.74. The zero-order chi connectivity index (χ0) is 16.6. The van der Waals surface area contributed by atoms with Crippen molar-refractivity contribution < 1.29 is 9.53 Å². The Labute approximate surface area is 137 Å². The predicted octanol–water partition coefficient (Wildman–Crippen LogP) is 4.18. The zero-order valence-corrected chi connectivity index (χ0v) is 14.0. The van der Waals surface area contributed by atoms with Crippen molar-refractivity contribution in [1.82, 2.24) is 5.32 Å². The third-order valence-electron chi connectivity index (χ3n) is 4.74. The molecule has 1 amide bonds. The van der Waals surface area contributed by atoms with E-state index in [0.717, 1.165) is 34.6 Å². The monoisotopic (exact) mass is 309 g/mol. The molecule has 0 aromatic heterocycles. The fourth-order valence-electron chi connectivity index (χ4n) is 3.61. The summed E-state index contributed by atoms with van der Waals surface area (Å²) in [5.41, 5.74) is 5.44. The number of benzene rings is 1. The first-order chi connectivity index (χ1) is 11.0. The second kappa shape index (κ2) is 6.07. The van der Waals surface area contributed by atoms with E-state index in [-0.39, 0.29) is 11.8 Å². The average Bonchev–Trinajstić information content (AvgIpc) is 2.91. The summed E-state index contributed by atoms with van der Waals surface area (Å²) in [7, 11) is 1.71. The van der Waals surface area contributed by atoms with Crippen LogP contribution in [0.25, 0.3) is 5.57 Å². The minimum atomic E-state index is 0.0816. The number of carbonyl (C=O) groups is 1. The van der Waals surface area contributed by atoms with Gasteiger partial charge in [0.05, 0.1) is 13.5 Å². The van der Waals surface area contributed by atoms with Crippen LogP contribution < -0.4 is 10.1 Å². The molecule has 1 aliphatic carbocycles. The fraction of sp³-hybridized carbons (Fsp3) is 0.350. The summed E-state index contributed by atoms with van der Waals surface area (Å²) < 4.78 is 5.64. The van der Waals surface area contributed by atoms with Gasteiger partial charge in [-0.2, -0.15) is 0 Å². The first kappa shape index (κ1) is 15.6. The molecule has 1 aromatic rings. The molecular formula is C20H23NO2. The summed E-state index contributed by atoms with van der Waals surface area (Å²) in [4.78, 5) is 11.7. The molecule has 2 unspecified atom stereocenters. The molecule has 120 valence electrons. The van der Waals surface area contributed by atoms with E-state index in [1.807, 2.05) is 19.1 Å². The van der Waals surface area contributed by atoms with Gasteiger partial charge in [0.25, 0.3) is 0 Å². The van der Waals surface area contributed by atoms with Gasteiger partial charge in [0, 0.05) is 17.2 Å². The Kier molecular flexibility index (Phi) is 4.12. The summed E-state index contributed by atoms with van der Waals surface area (Å²) in [5, 5.41) is 2.96. The highest BCUT2D eigenvalue weighted by Crippen LogP contribution is 2.44. The van der Waals surface area contributed by atoms with Crippen molar-refractivity contribution in [3.05, 3.63) is 59.3 Å². The van der Waals surface area contributed by atoms with Crippen LogP contribution in [0.4, 0.5) is 0 Å². The second-order valence-corrected chi connectivity index (χ2v) is 6.30. The topological polar surface area (TPSA) is 38.3 Å². The lowest BCUT2D eigenvalue weighted by Crippen LogP contribution is -2.19. The van der Waals surface area contributed by atoms with E-state index in [1.54, 1.807) is 7.11 Å². The van der Waals surface area contributed by atoms with Gasteiger partial charge in [0.2, 0.25) is 5.91 Å². The van der Waals surface area contributed by atoms with Crippen molar-refractivity contribution in [1.29, 1.82) is 0 Å². The predicted molar refractivity (Wildman–Crippen MR) is 93.1 cm³/mol. The van der Waals surface area contributed by atoms with Gasteiger partial charge in [-0.15, -0.1) is 0 Å². The fourth-order valence-corrected chi connectivity index (χ4v) is 3.61. The molecule has 1 fully saturated rings. The van der Waals surface area contributed by atoms with E-state index < -0.39 is 0 Å². The largest absolute Gasteiger partial charge is 0.496 e. The van der Waals surface area contributed by atoms with E-state index in [0.29, 0.717) is 12.3 Å². The highest BCUT2D eigenvalue weighted by molar-refractivity contribution is 5.87. The highest BCUT2D eigenvalue weighted by Gasteiger charge is 2.32. The van der Waals surface area contributed by atoms with Crippen LogP contribution in [0.3, 0.4) is 0 Å². The Morgan fingerprint density at radius 3 is 2.83 bits per heavy atom. The first-order valence-corrected chi connectivity index (χ1v) is 8.10. The van der Waals surface area contributed by atoms with E-state index >= 15 is 0 Å². The number of rotatable bonds is 4. The molecule has 0 bridgehead atoms. The number of carbonyl (C=O) groups excluding carboxylic acids is 1. The molecule has 2 aliphatic rings. The van der Waals surface area contributed by atoms with Crippen LogP contribution in [0.5, 0.6) is 5.75 Å². The molecule has 1 heterocycles. The molecule has 0 saturated carbocycles. The van der Waals surface area contributed by atoms with Crippen molar-refractivity contribution in [2.45, 2.75) is 32.6 Å². The van der Waals surface area contributed by atoms with Crippen LogP contribution in [0.15, 0.2) is 48.2 Å². The van der Waals surface area contributed by atoms with E-state index in [4.69, 9.17) is 4.74 Å². The number of nitrogens with one attached hydrogen (secondary N) is 1. The summed E-state index contributed by atoms with van der Waals surface area (Å²) in [6.45, 7) is 8.33. The van der Waals surface area contributed by atoms with Crippen molar-refractivity contribution in [3.63, 3.8) is 0 Å². The van der Waals surface area contributed by atoms with Crippen LogP contribution in [0, 0.1) is 5.92 Å². The molecule has 3 nitrogen and oxygen atoms in total. The summed E-state index contributed by atoms with van der Waals surface area (Å²) in [6.07, 6.45) is 5.92. The Morgan fingerprint density at radius 1 is 1.39 bits per heavy atom. The molecule has 0 spiro atoms. The molecule has 3 heteroatoms. The van der Waals surface area contributed by atoms with Gasteiger partial charge in [-0.25, -0.2) is 0 Å². The normalized spacial score (nSPS) is 22.8. The molecular weight excluding hydrogens is 286 g/mol. The molecule has 1 aliphatic heterocycles. The van der Waals surface area contributed by atoms with Gasteiger partial charge in [-0.1, -0.05) is 43.4 Å². The maximum absolute atomic E-state index is 11.7. The van der Waals surface area contributed by atoms with Gasteiger partial charge >= 0.3 is 0 Å². The number of amides is 1. The smallest absolute Gasteiger partial charge is 0.228 e. The van der Waals surface area contributed by atoms with Crippen LogP contribution in [-0.2, 0) is 4.79 Å². The molecule has 1 N–H and O–H groups in total. The minimum absolute atomic E-state index is 0.0816.